The Morgan fingerprint density at radius 1 is 1.46 bits per heavy atom. The second-order valence-corrected chi connectivity index (χ2v) is 9.34. The molecule has 14 nitrogen and oxygen atoms in total. The number of amides is 2. The van der Waals surface area contributed by atoms with Gasteiger partial charge in [-0.2, -0.15) is 9.36 Å². The molecular formula is C19H18N9O5S2+. The Bertz CT molecular complexity index is 1410. The number of nitrogens with zero attached hydrogens (tertiary/aromatic N) is 7. The van der Waals surface area contributed by atoms with Gasteiger partial charge < -0.3 is 21.0 Å². The highest BCUT2D eigenvalue weighted by Gasteiger charge is 2.54. The highest BCUT2D eigenvalue weighted by Crippen LogP contribution is 2.40. The maximum absolute atomic E-state index is 13.0. The zero-order chi connectivity index (χ0) is 24.7. The number of thioether (sulfide) groups is 1. The van der Waals surface area contributed by atoms with Crippen LogP contribution in [0.25, 0.3) is 5.65 Å². The minimum atomic E-state index is -1.21. The number of carboxylic acid groups (broad SMARTS) is 1. The van der Waals surface area contributed by atoms with E-state index in [9.17, 15) is 19.5 Å². The SMILES string of the molecule is CO/N=C(\C(=O)N[C@@H]1C(=O)N2C(C(=O)O)=C(C[n+]3ccn4ncccc43)CS[C@H]12)c1nsc(N)n1. The van der Waals surface area contributed by atoms with Crippen LogP contribution in [-0.4, -0.2) is 76.8 Å². The number of aliphatic carboxylic acids is 1. The number of rotatable bonds is 7. The molecule has 1 saturated heterocycles. The molecule has 5 heterocycles. The third-order valence-electron chi connectivity index (χ3n) is 5.39. The first-order valence-corrected chi connectivity index (χ1v) is 11.9. The monoisotopic (exact) mass is 516 g/mol. The smallest absolute Gasteiger partial charge is 0.352 e. The van der Waals surface area contributed by atoms with Crippen LogP contribution in [0.3, 0.4) is 0 Å². The van der Waals surface area contributed by atoms with Gasteiger partial charge in [0.15, 0.2) is 11.3 Å². The van der Waals surface area contributed by atoms with Gasteiger partial charge in [0.1, 0.15) is 37.0 Å². The number of β-lactam (4-membered cyclic amide) rings is 1. The van der Waals surface area contributed by atoms with Crippen LogP contribution in [0.1, 0.15) is 5.82 Å². The number of aromatic nitrogens is 5. The van der Waals surface area contributed by atoms with Gasteiger partial charge in [0.25, 0.3) is 11.8 Å². The topological polar surface area (TPSA) is 181 Å². The van der Waals surface area contributed by atoms with Crippen LogP contribution in [0.4, 0.5) is 5.13 Å². The van der Waals surface area contributed by atoms with Crippen LogP contribution in [-0.2, 0) is 25.8 Å². The molecule has 0 aromatic carbocycles. The fourth-order valence-electron chi connectivity index (χ4n) is 3.90. The highest BCUT2D eigenvalue weighted by molar-refractivity contribution is 8.00. The molecule has 3 aromatic rings. The number of nitrogens with two attached hydrogens (primary N) is 1. The van der Waals surface area contributed by atoms with E-state index < -0.39 is 29.2 Å². The number of nitrogens with one attached hydrogen (secondary N) is 1. The zero-order valence-electron chi connectivity index (χ0n) is 18.1. The number of carboxylic acids is 1. The van der Waals surface area contributed by atoms with Gasteiger partial charge in [0, 0.05) is 28.9 Å². The van der Waals surface area contributed by atoms with Crippen LogP contribution in [0.2, 0.25) is 0 Å². The van der Waals surface area contributed by atoms with Gasteiger partial charge >= 0.3 is 11.6 Å². The van der Waals surface area contributed by atoms with Crippen LogP contribution < -0.4 is 15.6 Å². The lowest BCUT2D eigenvalue weighted by Gasteiger charge is -2.49. The summed E-state index contributed by atoms with van der Waals surface area (Å²) in [5.41, 5.74) is 6.60. The van der Waals surface area contributed by atoms with Crippen molar-refractivity contribution in [2.45, 2.75) is 18.0 Å². The number of oxime groups is 1. The molecule has 4 N–H and O–H groups in total. The first-order valence-electron chi connectivity index (χ1n) is 10.1. The van der Waals surface area contributed by atoms with Crippen molar-refractivity contribution < 1.29 is 28.9 Å². The largest absolute Gasteiger partial charge is 0.477 e. The third kappa shape index (κ3) is 3.95. The van der Waals surface area contributed by atoms with Crippen molar-refractivity contribution >= 4 is 57.6 Å². The van der Waals surface area contributed by atoms with Crippen molar-refractivity contribution in [3.8, 4) is 0 Å². The number of nitrogen functional groups attached to an aromatic ring is 1. The van der Waals surface area contributed by atoms with Gasteiger partial charge in [0.05, 0.1) is 6.20 Å². The van der Waals surface area contributed by atoms with Gasteiger partial charge in [-0.25, -0.2) is 9.36 Å². The fourth-order valence-corrected chi connectivity index (χ4v) is 5.67. The standard InChI is InChI=1S/C19H17N9O5S2/c1-33-24-11(14-23-19(20)35-25-14)15(29)22-12-16(30)28-13(18(31)32)9(8-34-17(12)28)7-26-5-6-27-10(26)3-2-4-21-27/h2-6,12,17H,7-8H2,1H3,(H3-,20,22,23,25,29,31,32)/p+1/b24-11-/t12-,17-/m1/s1. The van der Waals surface area contributed by atoms with Crippen LogP contribution in [0, 0.1) is 0 Å². The quantitative estimate of drug-likeness (QED) is 0.150. The van der Waals surface area contributed by atoms with E-state index in [1.54, 1.807) is 29.2 Å². The van der Waals surface area contributed by atoms with Gasteiger partial charge in [-0.3, -0.25) is 14.5 Å². The Morgan fingerprint density at radius 3 is 3.00 bits per heavy atom. The normalized spacial score (nSPS) is 20.0. The molecule has 0 radical (unpaired) electrons. The molecule has 0 aliphatic carbocycles. The lowest BCUT2D eigenvalue weighted by atomic mass is 10.0. The number of imidazole rings is 1. The Balaban J connectivity index is 1.37. The van der Waals surface area contributed by atoms with Crippen molar-refractivity contribution in [3.63, 3.8) is 0 Å². The molecule has 0 saturated carbocycles. The summed E-state index contributed by atoms with van der Waals surface area (Å²) in [5.74, 6) is -2.17. The molecule has 2 atom stereocenters. The summed E-state index contributed by atoms with van der Waals surface area (Å²) in [6, 6.07) is 2.69. The molecule has 0 spiro atoms. The van der Waals surface area contributed by atoms with Gasteiger partial charge in [-0.15, -0.1) is 16.3 Å². The number of hydrogen-bond donors (Lipinski definition) is 3. The average molecular weight is 517 g/mol. The van der Waals surface area contributed by atoms with E-state index in [0.29, 0.717) is 11.3 Å². The molecule has 2 aliphatic rings. The average Bonchev–Trinajstić information content (AvgIpc) is 3.46. The molecule has 0 bridgehead atoms. The van der Waals surface area contributed by atoms with E-state index in [4.69, 9.17) is 10.6 Å². The maximum atomic E-state index is 13.0. The molecule has 16 heteroatoms. The van der Waals surface area contributed by atoms with E-state index in [1.165, 1.54) is 23.8 Å². The number of hydrogen-bond acceptors (Lipinski definition) is 11. The van der Waals surface area contributed by atoms with Crippen molar-refractivity contribution in [2.24, 2.45) is 5.16 Å². The van der Waals surface area contributed by atoms with E-state index in [2.05, 4.69) is 24.9 Å². The second-order valence-electron chi connectivity index (χ2n) is 7.45. The van der Waals surface area contributed by atoms with Crippen molar-refractivity contribution in [1.29, 1.82) is 0 Å². The first-order chi connectivity index (χ1) is 16.9. The second kappa shape index (κ2) is 8.95. The minimum absolute atomic E-state index is 0.0357. The molecule has 2 aliphatic heterocycles. The summed E-state index contributed by atoms with van der Waals surface area (Å²) < 4.78 is 7.48. The summed E-state index contributed by atoms with van der Waals surface area (Å²) in [4.78, 5) is 47.8. The Hall–Kier alpha value is -4.05. The molecule has 2 amide bonds. The van der Waals surface area contributed by atoms with E-state index in [-0.39, 0.29) is 28.9 Å². The Kier molecular flexibility index (Phi) is 5.81. The zero-order valence-corrected chi connectivity index (χ0v) is 19.7. The van der Waals surface area contributed by atoms with Gasteiger partial charge in [0.2, 0.25) is 11.5 Å². The molecule has 1 fully saturated rings. The van der Waals surface area contributed by atoms with E-state index in [1.807, 2.05) is 10.6 Å². The summed E-state index contributed by atoms with van der Waals surface area (Å²) in [6.07, 6.45) is 5.21. The van der Waals surface area contributed by atoms with Crippen molar-refractivity contribution in [1.82, 2.24) is 29.2 Å². The van der Waals surface area contributed by atoms with Crippen molar-refractivity contribution in [3.05, 3.63) is 47.8 Å². The molecule has 3 aromatic heterocycles. The summed E-state index contributed by atoms with van der Waals surface area (Å²) in [7, 11) is 1.25. The molecule has 5 rings (SSSR count). The maximum Gasteiger partial charge on any atom is 0.352 e. The van der Waals surface area contributed by atoms with Crippen LogP contribution in [0.15, 0.2) is 47.1 Å². The Morgan fingerprint density at radius 2 is 2.29 bits per heavy atom. The fraction of sp³-hybridized carbons (Fsp3) is 0.263. The highest BCUT2D eigenvalue weighted by atomic mass is 32.2. The lowest BCUT2D eigenvalue weighted by Crippen LogP contribution is -2.71. The number of fused-ring (bicyclic) bond motifs is 2. The number of anilines is 1. The minimum Gasteiger partial charge on any atom is -0.477 e. The van der Waals surface area contributed by atoms with Gasteiger partial charge in [-0.1, -0.05) is 10.3 Å². The number of carbonyl (C=O) groups is 3. The van der Waals surface area contributed by atoms with Crippen LogP contribution >= 0.6 is 23.3 Å². The van der Waals surface area contributed by atoms with Crippen molar-refractivity contribution in [2.75, 3.05) is 18.6 Å². The third-order valence-corrected chi connectivity index (χ3v) is 7.27. The molecule has 180 valence electrons. The summed E-state index contributed by atoms with van der Waals surface area (Å²) in [5, 5.41) is 19.9. The predicted molar refractivity (Wildman–Crippen MR) is 123 cm³/mol. The summed E-state index contributed by atoms with van der Waals surface area (Å²) >= 11 is 2.24. The molecule has 0 unspecified atom stereocenters. The predicted octanol–water partition coefficient (Wildman–Crippen LogP) is -1.16. The van der Waals surface area contributed by atoms with Crippen LogP contribution in [0.5, 0.6) is 0 Å². The molecular weight excluding hydrogens is 498 g/mol. The molecule has 35 heavy (non-hydrogen) atoms. The van der Waals surface area contributed by atoms with Gasteiger partial charge in [-0.05, 0) is 6.07 Å². The lowest BCUT2D eigenvalue weighted by molar-refractivity contribution is -0.662. The summed E-state index contributed by atoms with van der Waals surface area (Å²) in [6.45, 7) is 0.270. The first kappa shape index (κ1) is 22.7. The number of carbonyl (C=O) groups excluding carboxylic acids is 2. The Labute approximate surface area is 205 Å². The van der Waals surface area contributed by atoms with E-state index >= 15 is 0 Å². The van der Waals surface area contributed by atoms with E-state index in [0.717, 1.165) is 17.2 Å².